The van der Waals surface area contributed by atoms with Crippen molar-refractivity contribution in [2.45, 2.75) is 38.6 Å². The van der Waals surface area contributed by atoms with Gasteiger partial charge in [0.2, 0.25) is 5.91 Å². The van der Waals surface area contributed by atoms with Crippen LogP contribution in [-0.4, -0.2) is 47.3 Å². The molecule has 1 saturated carbocycles. The minimum Gasteiger partial charge on any atom is -0.341 e. The Morgan fingerprint density at radius 1 is 1.33 bits per heavy atom. The van der Waals surface area contributed by atoms with E-state index in [0.717, 1.165) is 42.4 Å². The number of hydrogen-bond donors (Lipinski definition) is 1. The molecule has 0 spiro atoms. The van der Waals surface area contributed by atoms with E-state index in [2.05, 4.69) is 5.32 Å². The number of amides is 4. The summed E-state index contributed by atoms with van der Waals surface area (Å²) in [5.74, 6) is -2.13. The molecule has 0 bridgehead atoms. The number of nitrogens with zero attached hydrogens (tertiary/aromatic N) is 2. The van der Waals surface area contributed by atoms with Gasteiger partial charge in [-0.15, -0.1) is 0 Å². The maximum Gasteiger partial charge on any atom is 0.325 e. The van der Waals surface area contributed by atoms with E-state index in [0.29, 0.717) is 19.0 Å². The summed E-state index contributed by atoms with van der Waals surface area (Å²) in [5, 5.41) is 2.40. The zero-order chi connectivity index (χ0) is 19.8. The molecule has 1 N–H and O–H groups in total. The van der Waals surface area contributed by atoms with Gasteiger partial charge in [0, 0.05) is 18.7 Å². The Morgan fingerprint density at radius 2 is 2.04 bits per heavy atom. The van der Waals surface area contributed by atoms with Gasteiger partial charge < -0.3 is 10.2 Å². The van der Waals surface area contributed by atoms with E-state index in [1.54, 1.807) is 4.90 Å². The molecule has 8 heteroatoms. The van der Waals surface area contributed by atoms with Crippen molar-refractivity contribution in [1.29, 1.82) is 0 Å². The van der Waals surface area contributed by atoms with Gasteiger partial charge in [-0.25, -0.2) is 13.6 Å². The van der Waals surface area contributed by atoms with Crippen LogP contribution in [0, 0.1) is 17.6 Å². The van der Waals surface area contributed by atoms with Gasteiger partial charge in [-0.3, -0.25) is 14.5 Å². The minimum atomic E-state index is -1.75. The van der Waals surface area contributed by atoms with Crippen molar-refractivity contribution >= 4 is 17.8 Å². The third-order valence-electron chi connectivity index (χ3n) is 5.06. The minimum absolute atomic E-state index is 0.265. The fourth-order valence-electron chi connectivity index (χ4n) is 3.34. The average molecular weight is 379 g/mol. The molecule has 27 heavy (non-hydrogen) atoms. The molecule has 3 rings (SSSR count). The van der Waals surface area contributed by atoms with Gasteiger partial charge in [-0.05, 0) is 50.3 Å². The van der Waals surface area contributed by atoms with Crippen LogP contribution in [0.2, 0.25) is 0 Å². The lowest BCUT2D eigenvalue weighted by Gasteiger charge is -2.25. The van der Waals surface area contributed by atoms with Gasteiger partial charge in [0.15, 0.2) is 0 Å². The lowest BCUT2D eigenvalue weighted by atomic mass is 9.91. The zero-order valence-electron chi connectivity index (χ0n) is 15.4. The van der Waals surface area contributed by atoms with E-state index in [1.165, 1.54) is 6.92 Å². The first kappa shape index (κ1) is 19.3. The van der Waals surface area contributed by atoms with Crippen LogP contribution < -0.4 is 5.32 Å². The SMILES string of the molecule is CCCN(CC1CC1)C(=O)CN1C(=O)N[C@](C)(c2cc(F)ccc2F)C1=O. The van der Waals surface area contributed by atoms with Crippen molar-refractivity contribution < 1.29 is 23.2 Å². The van der Waals surface area contributed by atoms with Gasteiger partial charge >= 0.3 is 6.03 Å². The standard InChI is InChI=1S/C19H23F2N3O3/c1-3-8-23(10-12-4-5-12)16(25)11-24-17(26)19(2,22-18(24)27)14-9-13(20)6-7-15(14)21/h6-7,9,12H,3-5,8,10-11H2,1-2H3,(H,22,27)/t19-/m1/s1. The van der Waals surface area contributed by atoms with Crippen LogP contribution in [0.3, 0.4) is 0 Å². The first-order valence-electron chi connectivity index (χ1n) is 9.13. The van der Waals surface area contributed by atoms with Gasteiger partial charge in [-0.1, -0.05) is 6.92 Å². The quantitative estimate of drug-likeness (QED) is 0.740. The van der Waals surface area contributed by atoms with Crippen molar-refractivity contribution in [1.82, 2.24) is 15.1 Å². The van der Waals surface area contributed by atoms with Crippen LogP contribution in [0.15, 0.2) is 18.2 Å². The molecule has 0 unspecified atom stereocenters. The van der Waals surface area contributed by atoms with E-state index in [-0.39, 0.29) is 11.5 Å². The summed E-state index contributed by atoms with van der Waals surface area (Å²) in [4.78, 5) is 40.2. The number of halogens is 2. The van der Waals surface area contributed by atoms with Crippen LogP contribution in [-0.2, 0) is 15.1 Å². The fourth-order valence-corrected chi connectivity index (χ4v) is 3.34. The number of nitrogens with one attached hydrogen (secondary N) is 1. The highest BCUT2D eigenvalue weighted by atomic mass is 19.1. The third kappa shape index (κ3) is 3.79. The summed E-state index contributed by atoms with van der Waals surface area (Å²) in [6.07, 6.45) is 2.92. The second-order valence-corrected chi connectivity index (χ2v) is 7.35. The number of carbonyl (C=O) groups excluding carboxylic acids is 3. The second-order valence-electron chi connectivity index (χ2n) is 7.35. The number of imide groups is 1. The predicted molar refractivity (Wildman–Crippen MR) is 93.5 cm³/mol. The van der Waals surface area contributed by atoms with E-state index >= 15 is 0 Å². The number of urea groups is 1. The molecule has 1 aliphatic heterocycles. The Kier molecular flexibility index (Phi) is 5.17. The van der Waals surface area contributed by atoms with Crippen molar-refractivity contribution in [2.75, 3.05) is 19.6 Å². The van der Waals surface area contributed by atoms with E-state index in [1.807, 2.05) is 6.92 Å². The maximum absolute atomic E-state index is 14.2. The monoisotopic (exact) mass is 379 g/mol. The van der Waals surface area contributed by atoms with Gasteiger partial charge in [0.05, 0.1) is 0 Å². The topological polar surface area (TPSA) is 69.7 Å². The zero-order valence-corrected chi connectivity index (χ0v) is 15.4. The molecule has 1 aliphatic carbocycles. The molecule has 1 atom stereocenters. The molecule has 4 amide bonds. The van der Waals surface area contributed by atoms with Crippen molar-refractivity contribution in [2.24, 2.45) is 5.92 Å². The average Bonchev–Trinajstić information content (AvgIpc) is 3.40. The number of rotatable bonds is 7. The molecule has 2 aliphatic rings. The summed E-state index contributed by atoms with van der Waals surface area (Å²) in [5.41, 5.74) is -2.02. The molecule has 1 aromatic rings. The van der Waals surface area contributed by atoms with E-state index < -0.39 is 35.7 Å². The summed E-state index contributed by atoms with van der Waals surface area (Å²) < 4.78 is 27.7. The Balaban J connectivity index is 1.79. The molecule has 2 fully saturated rings. The smallest absolute Gasteiger partial charge is 0.325 e. The summed E-state index contributed by atoms with van der Waals surface area (Å²) in [7, 11) is 0. The molecule has 6 nitrogen and oxygen atoms in total. The molecule has 1 heterocycles. The van der Waals surface area contributed by atoms with Crippen molar-refractivity contribution in [3.8, 4) is 0 Å². The van der Waals surface area contributed by atoms with E-state index in [9.17, 15) is 23.2 Å². The van der Waals surface area contributed by atoms with Crippen LogP contribution in [0.25, 0.3) is 0 Å². The summed E-state index contributed by atoms with van der Waals surface area (Å²) in [6.45, 7) is 4.01. The van der Waals surface area contributed by atoms with Gasteiger partial charge in [0.1, 0.15) is 23.7 Å². The van der Waals surface area contributed by atoms with E-state index in [4.69, 9.17) is 0 Å². The van der Waals surface area contributed by atoms with Crippen LogP contribution in [0.5, 0.6) is 0 Å². The first-order valence-corrected chi connectivity index (χ1v) is 9.13. The highest BCUT2D eigenvalue weighted by Crippen LogP contribution is 2.32. The molecular formula is C19H23F2N3O3. The normalized spacial score (nSPS) is 22.1. The van der Waals surface area contributed by atoms with Crippen LogP contribution in [0.4, 0.5) is 13.6 Å². The number of carbonyl (C=O) groups is 3. The Bertz CT molecular complexity index is 781. The Morgan fingerprint density at radius 3 is 2.67 bits per heavy atom. The van der Waals surface area contributed by atoms with Crippen LogP contribution >= 0.6 is 0 Å². The molecule has 1 aromatic carbocycles. The van der Waals surface area contributed by atoms with Crippen LogP contribution in [0.1, 0.15) is 38.7 Å². The number of benzene rings is 1. The molecule has 1 saturated heterocycles. The molecular weight excluding hydrogens is 356 g/mol. The third-order valence-corrected chi connectivity index (χ3v) is 5.06. The van der Waals surface area contributed by atoms with Gasteiger partial charge in [0.25, 0.3) is 5.91 Å². The first-order chi connectivity index (χ1) is 12.8. The second kappa shape index (κ2) is 7.25. The van der Waals surface area contributed by atoms with Gasteiger partial charge in [-0.2, -0.15) is 0 Å². The lowest BCUT2D eigenvalue weighted by molar-refractivity contribution is -0.139. The maximum atomic E-state index is 14.2. The Hall–Kier alpha value is -2.51. The molecule has 0 radical (unpaired) electrons. The summed E-state index contributed by atoms with van der Waals surface area (Å²) in [6, 6.07) is 1.94. The highest BCUT2D eigenvalue weighted by Gasteiger charge is 2.51. The fraction of sp³-hybridized carbons (Fsp3) is 0.526. The largest absolute Gasteiger partial charge is 0.341 e. The highest BCUT2D eigenvalue weighted by molar-refractivity contribution is 6.09. The van der Waals surface area contributed by atoms with Crippen molar-refractivity contribution in [3.05, 3.63) is 35.4 Å². The molecule has 0 aromatic heterocycles. The predicted octanol–water partition coefficient (Wildman–Crippen LogP) is 2.38. The number of hydrogen-bond acceptors (Lipinski definition) is 3. The summed E-state index contributed by atoms with van der Waals surface area (Å²) >= 11 is 0. The Labute approximate surface area is 156 Å². The lowest BCUT2D eigenvalue weighted by Crippen LogP contribution is -2.45. The molecule has 146 valence electrons. The van der Waals surface area contributed by atoms with Crippen molar-refractivity contribution in [3.63, 3.8) is 0 Å².